The van der Waals surface area contributed by atoms with E-state index in [0.29, 0.717) is 30.4 Å². The average Bonchev–Trinajstić information content (AvgIpc) is 2.82. The van der Waals surface area contributed by atoms with Crippen LogP contribution in [0.15, 0.2) is 27.8 Å². The second kappa shape index (κ2) is 14.4. The lowest BCUT2D eigenvalue weighted by molar-refractivity contribution is -0.301. The lowest BCUT2D eigenvalue weighted by atomic mass is 10.2. The molecular weight excluding hydrogens is 586 g/mol. The van der Waals surface area contributed by atoms with Crippen LogP contribution in [-0.4, -0.2) is 57.8 Å². The molecule has 212 valence electrons. The molecule has 1 aromatic heterocycles. The number of unbranched alkanes of at least 4 members (excludes halogenated alkanes) is 4. The fourth-order valence-corrected chi connectivity index (χ4v) is 3.60. The topological polar surface area (TPSA) is 95.8 Å². The van der Waals surface area contributed by atoms with Crippen LogP contribution in [-0.2, 0) is 0 Å². The van der Waals surface area contributed by atoms with Crippen molar-refractivity contribution >= 4 is 34.0 Å². The van der Waals surface area contributed by atoms with Gasteiger partial charge in [0.1, 0.15) is 5.75 Å². The van der Waals surface area contributed by atoms with Crippen LogP contribution in [0.2, 0.25) is 0 Å². The molecule has 0 saturated carbocycles. The first-order chi connectivity index (χ1) is 17.8. The summed E-state index contributed by atoms with van der Waals surface area (Å²) >= 11 is 3.24. The molecule has 1 aromatic carbocycles. The molecule has 1 heterocycles. The highest BCUT2D eigenvalue weighted by Gasteiger charge is 2.59. The van der Waals surface area contributed by atoms with Crippen LogP contribution in [0.4, 0.5) is 38.2 Å². The normalized spacial score (nSPS) is 12.4. The van der Waals surface area contributed by atoms with Gasteiger partial charge in [0.25, 0.3) is 12.1 Å². The number of aromatic nitrogens is 3. The SMILES string of the molecule is CCCCCN(CCCCC)c1nc(N/N=C/c2cc(Br)ccc2O)nc(OC(C(F)(F)F)C(F)(F)F)n1. The summed E-state index contributed by atoms with van der Waals surface area (Å²) in [5.74, 6) is -0.696. The first-order valence-electron chi connectivity index (χ1n) is 11.9. The van der Waals surface area contributed by atoms with Crippen molar-refractivity contribution in [2.45, 2.75) is 70.8 Å². The van der Waals surface area contributed by atoms with E-state index in [-0.39, 0.29) is 17.3 Å². The molecule has 0 aliphatic carbocycles. The molecule has 0 aliphatic rings. The Morgan fingerprint density at radius 2 is 1.61 bits per heavy atom. The minimum Gasteiger partial charge on any atom is -0.507 e. The van der Waals surface area contributed by atoms with Crippen LogP contribution in [0.25, 0.3) is 0 Å². The molecule has 0 radical (unpaired) electrons. The number of nitrogens with zero attached hydrogens (tertiary/aromatic N) is 5. The molecular formula is C23H29BrF6N6O2. The Hall–Kier alpha value is -2.84. The van der Waals surface area contributed by atoms with E-state index in [9.17, 15) is 31.4 Å². The molecule has 2 N–H and O–H groups in total. The van der Waals surface area contributed by atoms with Crippen LogP contribution < -0.4 is 15.1 Å². The van der Waals surface area contributed by atoms with Gasteiger partial charge in [0, 0.05) is 23.1 Å². The molecule has 0 unspecified atom stereocenters. The Kier molecular flexibility index (Phi) is 11.9. The fourth-order valence-electron chi connectivity index (χ4n) is 3.22. The molecule has 0 spiro atoms. The van der Waals surface area contributed by atoms with Crippen molar-refractivity contribution in [2.75, 3.05) is 23.4 Å². The first kappa shape index (κ1) is 31.4. The van der Waals surface area contributed by atoms with Crippen LogP contribution in [0, 0.1) is 0 Å². The molecule has 0 fully saturated rings. The van der Waals surface area contributed by atoms with E-state index < -0.39 is 30.4 Å². The molecule has 0 saturated heterocycles. The number of nitrogens with one attached hydrogen (secondary N) is 1. The second-order valence-electron chi connectivity index (χ2n) is 8.30. The van der Waals surface area contributed by atoms with Gasteiger partial charge in [0.05, 0.1) is 6.21 Å². The number of hydrogen-bond acceptors (Lipinski definition) is 8. The highest BCUT2D eigenvalue weighted by molar-refractivity contribution is 9.10. The van der Waals surface area contributed by atoms with Gasteiger partial charge in [-0.25, -0.2) is 5.43 Å². The lowest BCUT2D eigenvalue weighted by Crippen LogP contribution is -2.47. The Labute approximate surface area is 224 Å². The van der Waals surface area contributed by atoms with E-state index in [2.05, 4.69) is 46.1 Å². The van der Waals surface area contributed by atoms with Crippen molar-refractivity contribution in [3.63, 3.8) is 0 Å². The quantitative estimate of drug-likeness (QED) is 0.104. The van der Waals surface area contributed by atoms with Gasteiger partial charge in [0.15, 0.2) is 0 Å². The third-order valence-electron chi connectivity index (χ3n) is 5.12. The van der Waals surface area contributed by atoms with Crippen LogP contribution >= 0.6 is 15.9 Å². The van der Waals surface area contributed by atoms with Gasteiger partial charge < -0.3 is 14.7 Å². The molecule has 0 aliphatic heterocycles. The number of phenolic OH excluding ortho intramolecular Hbond substituents is 1. The number of aromatic hydroxyl groups is 1. The third-order valence-corrected chi connectivity index (χ3v) is 5.62. The van der Waals surface area contributed by atoms with E-state index in [1.165, 1.54) is 18.3 Å². The Morgan fingerprint density at radius 3 is 2.16 bits per heavy atom. The lowest BCUT2D eigenvalue weighted by Gasteiger charge is -2.25. The maximum atomic E-state index is 13.1. The second-order valence-corrected chi connectivity index (χ2v) is 9.21. The van der Waals surface area contributed by atoms with Gasteiger partial charge in [-0.3, -0.25) is 0 Å². The largest absolute Gasteiger partial charge is 0.507 e. The van der Waals surface area contributed by atoms with Crippen molar-refractivity contribution < 1.29 is 36.2 Å². The van der Waals surface area contributed by atoms with E-state index >= 15 is 0 Å². The minimum absolute atomic E-state index is 0.115. The summed E-state index contributed by atoms with van der Waals surface area (Å²) < 4.78 is 83.7. The van der Waals surface area contributed by atoms with E-state index in [1.807, 2.05) is 13.8 Å². The predicted octanol–water partition coefficient (Wildman–Crippen LogP) is 6.84. The molecule has 2 aromatic rings. The predicted molar refractivity (Wildman–Crippen MR) is 135 cm³/mol. The Bertz CT molecular complexity index is 1030. The first-order valence-corrected chi connectivity index (χ1v) is 12.7. The Balaban J connectivity index is 2.45. The van der Waals surface area contributed by atoms with E-state index in [1.54, 1.807) is 11.0 Å². The Morgan fingerprint density at radius 1 is 1.00 bits per heavy atom. The van der Waals surface area contributed by atoms with Crippen molar-refractivity contribution in [2.24, 2.45) is 5.10 Å². The smallest absolute Gasteiger partial charge is 0.434 e. The number of halogens is 7. The number of hydrogen-bond donors (Lipinski definition) is 2. The van der Waals surface area contributed by atoms with Crippen LogP contribution in [0.5, 0.6) is 11.8 Å². The van der Waals surface area contributed by atoms with Crippen molar-refractivity contribution in [3.05, 3.63) is 28.2 Å². The number of benzene rings is 1. The monoisotopic (exact) mass is 614 g/mol. The summed E-state index contributed by atoms with van der Waals surface area (Å²) in [6.45, 7) is 4.84. The molecule has 8 nitrogen and oxygen atoms in total. The summed E-state index contributed by atoms with van der Waals surface area (Å²) in [6.07, 6.45) is -9.53. The van der Waals surface area contributed by atoms with Crippen molar-refractivity contribution in [1.82, 2.24) is 15.0 Å². The molecule has 38 heavy (non-hydrogen) atoms. The number of alkyl halides is 6. The van der Waals surface area contributed by atoms with Gasteiger partial charge in [-0.2, -0.15) is 46.4 Å². The minimum atomic E-state index is -5.75. The zero-order valence-corrected chi connectivity index (χ0v) is 22.4. The third kappa shape index (κ3) is 10.1. The molecule has 2 rings (SSSR count). The number of ether oxygens (including phenoxy) is 1. The number of anilines is 2. The molecule has 15 heteroatoms. The molecule has 0 atom stereocenters. The maximum Gasteiger partial charge on any atom is 0.434 e. The van der Waals surface area contributed by atoms with Crippen LogP contribution in [0.3, 0.4) is 0 Å². The van der Waals surface area contributed by atoms with E-state index in [4.69, 9.17) is 0 Å². The van der Waals surface area contributed by atoms with Crippen molar-refractivity contribution in [1.29, 1.82) is 0 Å². The average molecular weight is 615 g/mol. The zero-order valence-electron chi connectivity index (χ0n) is 20.8. The standard InChI is InChI=1S/C23H29BrF6N6O2/c1-3-5-7-11-36(12-8-6-4-2)20-32-19(35-31-14-15-13-16(24)9-10-17(15)37)33-21(34-20)38-18(22(25,26)27)23(28,29)30/h9-10,13-14,18,37H,3-8,11-12H2,1-2H3,(H,32,33,34,35)/b31-14+. The highest BCUT2D eigenvalue weighted by Crippen LogP contribution is 2.36. The summed E-state index contributed by atoms with van der Waals surface area (Å²) in [5, 5.41) is 13.8. The number of phenols is 1. The highest BCUT2D eigenvalue weighted by atomic mass is 79.9. The zero-order chi connectivity index (χ0) is 28.3. The number of hydrazone groups is 1. The number of rotatable bonds is 14. The van der Waals surface area contributed by atoms with Gasteiger partial charge in [-0.15, -0.1) is 0 Å². The summed E-state index contributed by atoms with van der Waals surface area (Å²) in [7, 11) is 0. The fraction of sp³-hybridized carbons (Fsp3) is 0.565. The van der Waals surface area contributed by atoms with Crippen molar-refractivity contribution in [3.8, 4) is 11.8 Å². The maximum absolute atomic E-state index is 13.1. The summed E-state index contributed by atoms with van der Waals surface area (Å²) in [6, 6.07) is 3.37. The van der Waals surface area contributed by atoms with E-state index in [0.717, 1.165) is 25.7 Å². The van der Waals surface area contributed by atoms with Gasteiger partial charge >= 0.3 is 18.4 Å². The van der Waals surface area contributed by atoms with Crippen LogP contribution in [0.1, 0.15) is 57.9 Å². The summed E-state index contributed by atoms with van der Waals surface area (Å²) in [4.78, 5) is 13.2. The van der Waals surface area contributed by atoms with Gasteiger partial charge in [-0.05, 0) is 31.0 Å². The molecule has 0 amide bonds. The van der Waals surface area contributed by atoms with Gasteiger partial charge in [0.2, 0.25) is 5.95 Å². The van der Waals surface area contributed by atoms with Gasteiger partial charge in [-0.1, -0.05) is 55.5 Å². The summed E-state index contributed by atoms with van der Waals surface area (Å²) in [5.41, 5.74) is 2.64. The molecule has 0 bridgehead atoms.